The summed E-state index contributed by atoms with van der Waals surface area (Å²) in [6.07, 6.45) is 0.797. The Morgan fingerprint density at radius 3 is 2.80 bits per heavy atom. The van der Waals surface area contributed by atoms with Crippen molar-refractivity contribution in [3.63, 3.8) is 0 Å². The second kappa shape index (κ2) is 3.69. The lowest BCUT2D eigenvalue weighted by molar-refractivity contribution is 0.100. The van der Waals surface area contributed by atoms with Crippen molar-refractivity contribution in [2.24, 2.45) is 5.73 Å². The van der Waals surface area contributed by atoms with Crippen molar-refractivity contribution >= 4 is 16.8 Å². The fraction of sp³-hybridized carbons (Fsp3) is 0.167. The highest BCUT2D eigenvalue weighted by Gasteiger charge is 2.08. The van der Waals surface area contributed by atoms with E-state index in [1.165, 1.54) is 0 Å². The molecule has 0 atom stereocenters. The summed E-state index contributed by atoms with van der Waals surface area (Å²) in [5, 5.41) is 0.821. The lowest BCUT2D eigenvalue weighted by atomic mass is 10.1. The van der Waals surface area contributed by atoms with Gasteiger partial charge in [-0.05, 0) is 18.6 Å². The largest absolute Gasteiger partial charge is 0.366 e. The average Bonchev–Trinajstić information content (AvgIpc) is 2.27. The number of primary amides is 1. The zero-order valence-electron chi connectivity index (χ0n) is 8.53. The van der Waals surface area contributed by atoms with Crippen LogP contribution in [0.15, 0.2) is 30.3 Å². The lowest BCUT2D eigenvalue weighted by Gasteiger charge is -2.05. The number of nitrogens with zero attached hydrogens (tertiary/aromatic N) is 1. The molecule has 0 fully saturated rings. The van der Waals surface area contributed by atoms with Crippen molar-refractivity contribution in [1.82, 2.24) is 4.98 Å². The van der Waals surface area contributed by atoms with Crippen LogP contribution in [0.3, 0.4) is 0 Å². The Hall–Kier alpha value is -1.90. The van der Waals surface area contributed by atoms with Gasteiger partial charge in [0, 0.05) is 11.1 Å². The number of aryl methyl sites for hydroxylation is 1. The third-order valence-corrected chi connectivity index (χ3v) is 2.40. The number of aromatic nitrogens is 1. The first kappa shape index (κ1) is 9.65. The second-order valence-corrected chi connectivity index (χ2v) is 3.40. The van der Waals surface area contributed by atoms with Crippen LogP contribution >= 0.6 is 0 Å². The minimum absolute atomic E-state index is 0.400. The zero-order valence-corrected chi connectivity index (χ0v) is 8.53. The maximum absolute atomic E-state index is 11.3. The van der Waals surface area contributed by atoms with Gasteiger partial charge in [0.1, 0.15) is 0 Å². The molecule has 1 amide bonds. The smallest absolute Gasteiger partial charge is 0.249 e. The Morgan fingerprint density at radius 2 is 2.13 bits per heavy atom. The maximum atomic E-state index is 11.3. The number of amides is 1. The Kier molecular flexibility index (Phi) is 2.37. The summed E-state index contributed by atoms with van der Waals surface area (Å²) >= 11 is 0. The van der Waals surface area contributed by atoms with E-state index in [4.69, 9.17) is 5.73 Å². The highest BCUT2D eigenvalue weighted by molar-refractivity contribution is 6.05. The van der Waals surface area contributed by atoms with Gasteiger partial charge in [-0.15, -0.1) is 0 Å². The molecule has 76 valence electrons. The summed E-state index contributed by atoms with van der Waals surface area (Å²) in [4.78, 5) is 15.7. The molecule has 3 heteroatoms. The molecule has 1 aromatic heterocycles. The third-order valence-electron chi connectivity index (χ3n) is 2.40. The fourth-order valence-corrected chi connectivity index (χ4v) is 1.62. The van der Waals surface area contributed by atoms with Crippen LogP contribution in [-0.4, -0.2) is 10.9 Å². The molecule has 0 aliphatic heterocycles. The van der Waals surface area contributed by atoms with Gasteiger partial charge >= 0.3 is 0 Å². The van der Waals surface area contributed by atoms with E-state index in [1.54, 1.807) is 6.07 Å². The molecular formula is C12H12N2O. The number of benzene rings is 1. The van der Waals surface area contributed by atoms with Gasteiger partial charge in [0.25, 0.3) is 0 Å². The van der Waals surface area contributed by atoms with Crippen molar-refractivity contribution in [1.29, 1.82) is 0 Å². The molecule has 1 heterocycles. The van der Waals surface area contributed by atoms with Crippen molar-refractivity contribution in [3.05, 3.63) is 41.6 Å². The Labute approximate surface area is 87.9 Å². The highest BCUT2D eigenvalue weighted by Crippen LogP contribution is 2.18. The third kappa shape index (κ3) is 1.68. The Morgan fingerprint density at radius 1 is 1.40 bits per heavy atom. The number of hydrogen-bond acceptors (Lipinski definition) is 2. The standard InChI is InChI=1S/C12H12N2O/c1-2-8-7-10(12(13)15)9-5-3-4-6-11(9)14-8/h3-7H,2H2,1H3,(H2,13,15). The number of hydrogen-bond donors (Lipinski definition) is 1. The van der Waals surface area contributed by atoms with Gasteiger partial charge < -0.3 is 5.73 Å². The van der Waals surface area contributed by atoms with Gasteiger partial charge in [0.15, 0.2) is 0 Å². The molecule has 0 unspecified atom stereocenters. The van der Waals surface area contributed by atoms with Crippen LogP contribution in [0.2, 0.25) is 0 Å². The van der Waals surface area contributed by atoms with E-state index in [0.29, 0.717) is 5.56 Å². The predicted octanol–water partition coefficient (Wildman–Crippen LogP) is 1.90. The number of rotatable bonds is 2. The number of carbonyl (C=O) groups excluding carboxylic acids is 1. The fourth-order valence-electron chi connectivity index (χ4n) is 1.62. The second-order valence-electron chi connectivity index (χ2n) is 3.40. The number of para-hydroxylation sites is 1. The molecule has 0 radical (unpaired) electrons. The van der Waals surface area contributed by atoms with E-state index in [-0.39, 0.29) is 0 Å². The topological polar surface area (TPSA) is 56.0 Å². The molecule has 3 nitrogen and oxygen atoms in total. The number of fused-ring (bicyclic) bond motifs is 1. The van der Waals surface area contributed by atoms with E-state index in [0.717, 1.165) is 23.0 Å². The summed E-state index contributed by atoms with van der Waals surface area (Å²) in [7, 11) is 0. The highest BCUT2D eigenvalue weighted by atomic mass is 16.1. The minimum atomic E-state index is -0.400. The molecule has 0 spiro atoms. The van der Waals surface area contributed by atoms with Crippen LogP contribution in [0.1, 0.15) is 23.0 Å². The lowest BCUT2D eigenvalue weighted by Crippen LogP contribution is -2.12. The van der Waals surface area contributed by atoms with Crippen LogP contribution in [-0.2, 0) is 6.42 Å². The molecule has 0 aliphatic carbocycles. The minimum Gasteiger partial charge on any atom is -0.366 e. The van der Waals surface area contributed by atoms with E-state index >= 15 is 0 Å². The van der Waals surface area contributed by atoms with Gasteiger partial charge in [0.05, 0.1) is 11.1 Å². The van der Waals surface area contributed by atoms with E-state index in [9.17, 15) is 4.79 Å². The quantitative estimate of drug-likeness (QED) is 0.804. The molecule has 0 saturated heterocycles. The Bertz CT molecular complexity index is 520. The molecule has 0 saturated carbocycles. The van der Waals surface area contributed by atoms with Crippen molar-refractivity contribution < 1.29 is 4.79 Å². The van der Waals surface area contributed by atoms with Crippen molar-refractivity contribution in [3.8, 4) is 0 Å². The number of nitrogens with two attached hydrogens (primary N) is 1. The van der Waals surface area contributed by atoms with Crippen LogP contribution in [0.5, 0.6) is 0 Å². The number of carbonyl (C=O) groups is 1. The molecule has 2 aromatic rings. The summed E-state index contributed by atoms with van der Waals surface area (Å²) in [5.74, 6) is -0.400. The monoisotopic (exact) mass is 200 g/mol. The summed E-state index contributed by atoms with van der Waals surface area (Å²) in [6, 6.07) is 9.30. The first-order valence-corrected chi connectivity index (χ1v) is 4.91. The summed E-state index contributed by atoms with van der Waals surface area (Å²) < 4.78 is 0. The van der Waals surface area contributed by atoms with Crippen LogP contribution < -0.4 is 5.73 Å². The van der Waals surface area contributed by atoms with Gasteiger partial charge in [0.2, 0.25) is 5.91 Å². The van der Waals surface area contributed by atoms with Crippen LogP contribution in [0.25, 0.3) is 10.9 Å². The predicted molar refractivity (Wildman–Crippen MR) is 59.6 cm³/mol. The average molecular weight is 200 g/mol. The van der Waals surface area contributed by atoms with Gasteiger partial charge in [-0.1, -0.05) is 25.1 Å². The first-order valence-electron chi connectivity index (χ1n) is 4.91. The molecular weight excluding hydrogens is 188 g/mol. The molecule has 0 aliphatic rings. The van der Waals surface area contributed by atoms with Gasteiger partial charge in [-0.3, -0.25) is 9.78 Å². The first-order chi connectivity index (χ1) is 7.22. The van der Waals surface area contributed by atoms with E-state index < -0.39 is 5.91 Å². The number of pyridine rings is 1. The van der Waals surface area contributed by atoms with Crippen LogP contribution in [0.4, 0.5) is 0 Å². The van der Waals surface area contributed by atoms with E-state index in [2.05, 4.69) is 4.98 Å². The molecule has 2 rings (SSSR count). The molecule has 15 heavy (non-hydrogen) atoms. The summed E-state index contributed by atoms with van der Waals surface area (Å²) in [6.45, 7) is 2.00. The van der Waals surface area contributed by atoms with Crippen molar-refractivity contribution in [2.75, 3.05) is 0 Å². The molecule has 2 N–H and O–H groups in total. The SMILES string of the molecule is CCc1cc(C(N)=O)c2ccccc2n1. The molecule has 1 aromatic carbocycles. The van der Waals surface area contributed by atoms with E-state index in [1.807, 2.05) is 31.2 Å². The zero-order chi connectivity index (χ0) is 10.8. The van der Waals surface area contributed by atoms with Gasteiger partial charge in [-0.2, -0.15) is 0 Å². The normalized spacial score (nSPS) is 10.5. The maximum Gasteiger partial charge on any atom is 0.249 e. The summed E-state index contributed by atoms with van der Waals surface area (Å²) in [5.41, 5.74) is 7.61. The van der Waals surface area contributed by atoms with Crippen molar-refractivity contribution in [2.45, 2.75) is 13.3 Å². The molecule has 0 bridgehead atoms. The van der Waals surface area contributed by atoms with Gasteiger partial charge in [-0.25, -0.2) is 0 Å². The van der Waals surface area contributed by atoms with Crippen LogP contribution in [0, 0.1) is 0 Å². The Balaban J connectivity index is 2.80.